The van der Waals surface area contributed by atoms with Gasteiger partial charge in [-0.2, -0.15) is 0 Å². The lowest BCUT2D eigenvalue weighted by atomic mass is 9.82. The van der Waals surface area contributed by atoms with Gasteiger partial charge in [0.05, 0.1) is 0 Å². The largest absolute Gasteiger partial charge is 0.316 e. The zero-order valence-corrected chi connectivity index (χ0v) is 12.2. The summed E-state index contributed by atoms with van der Waals surface area (Å²) in [6.45, 7) is 6.20. The highest BCUT2D eigenvalue weighted by atomic mass is 16.1. The second-order valence-corrected chi connectivity index (χ2v) is 5.50. The Morgan fingerprint density at radius 2 is 2.16 bits per heavy atom. The molecule has 19 heavy (non-hydrogen) atoms. The molecule has 104 valence electrons. The number of carbonyl (C=O) groups excluding carboxylic acids is 1. The number of unbranched alkanes of at least 4 members (excludes halogenated alkanes) is 1. The van der Waals surface area contributed by atoms with Crippen LogP contribution in [-0.4, -0.2) is 18.9 Å². The first-order chi connectivity index (χ1) is 9.26. The van der Waals surface area contributed by atoms with E-state index in [1.54, 1.807) is 0 Å². The molecule has 2 nitrogen and oxygen atoms in total. The summed E-state index contributed by atoms with van der Waals surface area (Å²) in [6, 6.07) is 6.41. The first kappa shape index (κ1) is 14.3. The van der Waals surface area contributed by atoms with Gasteiger partial charge in [-0.15, -0.1) is 0 Å². The number of hydrogen-bond acceptors (Lipinski definition) is 2. The van der Waals surface area contributed by atoms with E-state index in [1.807, 2.05) is 0 Å². The number of fused-ring (bicyclic) bond motifs is 1. The predicted molar refractivity (Wildman–Crippen MR) is 79.7 cm³/mol. The molecule has 1 aliphatic rings. The van der Waals surface area contributed by atoms with Crippen LogP contribution in [0, 0.1) is 5.92 Å². The van der Waals surface area contributed by atoms with Crippen molar-refractivity contribution in [3.63, 3.8) is 0 Å². The maximum Gasteiger partial charge on any atom is 0.167 e. The molecule has 0 unspecified atom stereocenters. The summed E-state index contributed by atoms with van der Waals surface area (Å²) in [5.74, 6) is 0.525. The van der Waals surface area contributed by atoms with Crippen molar-refractivity contribution in [3.8, 4) is 0 Å². The van der Waals surface area contributed by atoms with Crippen molar-refractivity contribution in [2.24, 2.45) is 5.92 Å². The van der Waals surface area contributed by atoms with E-state index in [2.05, 4.69) is 37.4 Å². The Labute approximate surface area is 116 Å². The molecule has 0 aliphatic heterocycles. The molecule has 1 N–H and O–H groups in total. The number of carbonyl (C=O) groups is 1. The van der Waals surface area contributed by atoms with Crippen LogP contribution in [0.4, 0.5) is 0 Å². The van der Waals surface area contributed by atoms with Crippen LogP contribution in [-0.2, 0) is 12.8 Å². The van der Waals surface area contributed by atoms with Gasteiger partial charge in [0, 0.05) is 18.0 Å². The molecule has 0 heterocycles. The minimum Gasteiger partial charge on any atom is -0.316 e. The molecule has 0 spiro atoms. The number of Topliss-reactive ketones (excluding diaryl/α,β-unsaturated/α-hetero) is 1. The van der Waals surface area contributed by atoms with Gasteiger partial charge in [-0.05, 0) is 49.4 Å². The van der Waals surface area contributed by atoms with E-state index in [0.717, 1.165) is 37.9 Å². The number of nitrogens with one attached hydrogen (secondary N) is 1. The smallest absolute Gasteiger partial charge is 0.167 e. The maximum absolute atomic E-state index is 12.5. The molecule has 2 rings (SSSR count). The lowest BCUT2D eigenvalue weighted by molar-refractivity contribution is 0.0901. The van der Waals surface area contributed by atoms with Crippen LogP contribution in [0.15, 0.2) is 18.2 Å². The van der Waals surface area contributed by atoms with Crippen LogP contribution in [0.1, 0.15) is 54.6 Å². The van der Waals surface area contributed by atoms with Crippen LogP contribution in [0.3, 0.4) is 0 Å². The fourth-order valence-corrected chi connectivity index (χ4v) is 2.74. The number of ketones is 1. The number of aryl methyl sites for hydroxylation is 2. The third-order valence-electron chi connectivity index (χ3n) is 4.08. The Balaban J connectivity index is 2.01. The molecule has 0 amide bonds. The lowest BCUT2D eigenvalue weighted by Crippen LogP contribution is -2.32. The highest BCUT2D eigenvalue weighted by Crippen LogP contribution is 2.26. The maximum atomic E-state index is 12.5. The third kappa shape index (κ3) is 3.44. The molecule has 1 aliphatic carbocycles. The van der Waals surface area contributed by atoms with Gasteiger partial charge in [0.25, 0.3) is 0 Å². The van der Waals surface area contributed by atoms with Crippen molar-refractivity contribution in [2.45, 2.75) is 46.0 Å². The first-order valence-corrected chi connectivity index (χ1v) is 7.63. The Morgan fingerprint density at radius 1 is 1.32 bits per heavy atom. The van der Waals surface area contributed by atoms with Gasteiger partial charge >= 0.3 is 0 Å². The zero-order chi connectivity index (χ0) is 13.7. The normalized spacial score (nSPS) is 18.4. The Morgan fingerprint density at radius 3 is 2.89 bits per heavy atom. The minimum atomic E-state index is 0.177. The fraction of sp³-hybridized carbons (Fsp3) is 0.588. The number of rotatable bonds is 6. The van der Waals surface area contributed by atoms with E-state index in [4.69, 9.17) is 0 Å². The molecular formula is C17H25NO. The molecule has 0 radical (unpaired) electrons. The number of hydrogen-bond donors (Lipinski definition) is 1. The van der Waals surface area contributed by atoms with E-state index in [9.17, 15) is 4.79 Å². The molecular weight excluding hydrogens is 234 g/mol. The minimum absolute atomic E-state index is 0.177. The summed E-state index contributed by atoms with van der Waals surface area (Å²) < 4.78 is 0. The van der Waals surface area contributed by atoms with E-state index >= 15 is 0 Å². The average Bonchev–Trinajstić information content (AvgIpc) is 2.45. The van der Waals surface area contributed by atoms with E-state index in [1.165, 1.54) is 24.0 Å². The van der Waals surface area contributed by atoms with Crippen LogP contribution < -0.4 is 5.32 Å². The summed E-state index contributed by atoms with van der Waals surface area (Å²) in [5, 5.41) is 3.43. The summed E-state index contributed by atoms with van der Waals surface area (Å²) in [5.41, 5.74) is 3.49. The van der Waals surface area contributed by atoms with E-state index in [0.29, 0.717) is 5.78 Å². The zero-order valence-electron chi connectivity index (χ0n) is 12.2. The highest BCUT2D eigenvalue weighted by Gasteiger charge is 2.26. The fourth-order valence-electron chi connectivity index (χ4n) is 2.74. The van der Waals surface area contributed by atoms with Gasteiger partial charge in [0.15, 0.2) is 5.78 Å². The molecule has 1 aromatic carbocycles. The van der Waals surface area contributed by atoms with Crippen molar-refractivity contribution in [2.75, 3.05) is 13.1 Å². The summed E-state index contributed by atoms with van der Waals surface area (Å²) in [7, 11) is 0. The monoisotopic (exact) mass is 259 g/mol. The average molecular weight is 259 g/mol. The van der Waals surface area contributed by atoms with Crippen molar-refractivity contribution in [1.82, 2.24) is 5.32 Å². The van der Waals surface area contributed by atoms with Crippen molar-refractivity contribution < 1.29 is 4.79 Å². The Kier molecular flexibility index (Phi) is 5.15. The highest BCUT2D eigenvalue weighted by molar-refractivity contribution is 6.00. The molecule has 1 aromatic rings. The van der Waals surface area contributed by atoms with E-state index in [-0.39, 0.29) is 5.92 Å². The molecule has 0 fully saturated rings. The summed E-state index contributed by atoms with van der Waals surface area (Å²) >= 11 is 0. The summed E-state index contributed by atoms with van der Waals surface area (Å²) in [4.78, 5) is 12.5. The topological polar surface area (TPSA) is 29.1 Å². The SMILES string of the molecule is CCCCNC[C@H]1CCc2ccc(CC)cc2C1=O. The van der Waals surface area contributed by atoms with Crippen molar-refractivity contribution in [1.29, 1.82) is 0 Å². The second kappa shape index (κ2) is 6.85. The molecule has 2 heteroatoms. The van der Waals surface area contributed by atoms with Gasteiger partial charge in [-0.3, -0.25) is 4.79 Å². The van der Waals surface area contributed by atoms with Gasteiger partial charge in [0.2, 0.25) is 0 Å². The molecule has 1 atom stereocenters. The van der Waals surface area contributed by atoms with Crippen LogP contribution in [0.25, 0.3) is 0 Å². The lowest BCUT2D eigenvalue weighted by Gasteiger charge is -2.24. The quantitative estimate of drug-likeness (QED) is 0.793. The molecule has 0 saturated carbocycles. The third-order valence-corrected chi connectivity index (χ3v) is 4.08. The van der Waals surface area contributed by atoms with Gasteiger partial charge < -0.3 is 5.32 Å². The number of benzene rings is 1. The predicted octanol–water partition coefficient (Wildman–Crippen LogP) is 3.38. The van der Waals surface area contributed by atoms with Gasteiger partial charge in [-0.25, -0.2) is 0 Å². The first-order valence-electron chi connectivity index (χ1n) is 7.63. The standard InChI is InChI=1S/C17H25NO/c1-3-5-10-18-12-15-9-8-14-7-6-13(4-2)11-16(14)17(15)19/h6-7,11,15,18H,3-5,8-10,12H2,1-2H3/t15-/m1/s1. The van der Waals surface area contributed by atoms with Crippen LogP contribution in [0.2, 0.25) is 0 Å². The van der Waals surface area contributed by atoms with Crippen LogP contribution in [0.5, 0.6) is 0 Å². The van der Waals surface area contributed by atoms with Gasteiger partial charge in [-0.1, -0.05) is 32.4 Å². The molecule has 0 bridgehead atoms. The van der Waals surface area contributed by atoms with Crippen molar-refractivity contribution >= 4 is 5.78 Å². The molecule has 0 aromatic heterocycles. The second-order valence-electron chi connectivity index (χ2n) is 5.50. The van der Waals surface area contributed by atoms with Gasteiger partial charge in [0.1, 0.15) is 0 Å². The molecule has 0 saturated heterocycles. The summed E-state index contributed by atoms with van der Waals surface area (Å²) in [6.07, 6.45) is 5.44. The van der Waals surface area contributed by atoms with E-state index < -0.39 is 0 Å². The van der Waals surface area contributed by atoms with Crippen LogP contribution >= 0.6 is 0 Å². The Bertz CT molecular complexity index is 439. The van der Waals surface area contributed by atoms with Crippen molar-refractivity contribution in [3.05, 3.63) is 34.9 Å². The Hall–Kier alpha value is -1.15.